The molecule has 0 spiro atoms. The second-order valence-corrected chi connectivity index (χ2v) is 27.2. The van der Waals surface area contributed by atoms with Crippen molar-refractivity contribution in [2.24, 2.45) is 0 Å². The summed E-state index contributed by atoms with van der Waals surface area (Å²) in [5.41, 5.74) is 25.7. The van der Waals surface area contributed by atoms with Gasteiger partial charge in [0.25, 0.3) is 0 Å². The van der Waals surface area contributed by atoms with Gasteiger partial charge >= 0.3 is 0 Å². The predicted molar refractivity (Wildman–Crippen MR) is 448 cm³/mol. The van der Waals surface area contributed by atoms with Crippen molar-refractivity contribution < 1.29 is 0 Å². The molecule has 0 N–H and O–H groups in total. The maximum Gasteiger partial charge on any atom is 0.0561 e. The number of fused-ring (bicyclic) bond motifs is 13. The highest BCUT2D eigenvalue weighted by Crippen LogP contribution is 2.45. The van der Waals surface area contributed by atoms with E-state index in [4.69, 9.17) is 0 Å². The standard InChI is InChI=1S/C52H35N3.C48H33N3/c1-3-16-39(17-4-1)53(42-31-32-46-44-21-9-11-23-49(44)54(52(46)35-42)40-18-5-2-6-19-40)41-29-26-36(27-30-41)38-28-33-51-47(34-38)45-22-10-12-24-50(45)55(51)48-25-13-15-37-14-7-8-20-43(37)48;1-4-14-36(15-5-1)49(40-29-30-43-41-20-10-12-22-45(41)51(48(43)33-40)38-18-8-3-9-19-38)39-27-24-34(25-28-39)35-26-31-47-44(32-35)42-21-11-13-23-46(42)50(47)37-16-6-2-7-17-37/h1-35H;1-33H. The molecule has 6 nitrogen and oxygen atoms in total. The highest BCUT2D eigenvalue weighted by Gasteiger charge is 2.22. The van der Waals surface area contributed by atoms with E-state index in [0.29, 0.717) is 0 Å². The Morgan fingerprint density at radius 3 is 0.858 bits per heavy atom. The Morgan fingerprint density at radius 2 is 0.434 bits per heavy atom. The Balaban J connectivity index is 0.000000141. The van der Waals surface area contributed by atoms with Gasteiger partial charge in [-0.2, -0.15) is 0 Å². The van der Waals surface area contributed by atoms with Crippen LogP contribution in [0.5, 0.6) is 0 Å². The van der Waals surface area contributed by atoms with Gasteiger partial charge in [-0.15, -0.1) is 0 Å². The van der Waals surface area contributed by atoms with Gasteiger partial charge in [0.05, 0.1) is 49.8 Å². The molecule has 0 bridgehead atoms. The summed E-state index contributed by atoms with van der Waals surface area (Å²) in [6, 6.07) is 149. The highest BCUT2D eigenvalue weighted by molar-refractivity contribution is 6.15. The summed E-state index contributed by atoms with van der Waals surface area (Å²) in [4.78, 5) is 4.71. The molecule has 0 aliphatic heterocycles. The van der Waals surface area contributed by atoms with E-state index in [0.717, 1.165) is 45.5 Å². The molecule has 0 atom stereocenters. The van der Waals surface area contributed by atoms with Gasteiger partial charge in [-0.05, 0) is 191 Å². The molecule has 4 heterocycles. The van der Waals surface area contributed by atoms with E-state index in [9.17, 15) is 0 Å². The van der Waals surface area contributed by atoms with Gasteiger partial charge in [-0.3, -0.25) is 0 Å². The van der Waals surface area contributed by atoms with Gasteiger partial charge in [0, 0.05) is 99.7 Å². The fraction of sp³-hybridized carbons (Fsp3) is 0. The van der Waals surface area contributed by atoms with Crippen molar-refractivity contribution in [3.8, 4) is 45.0 Å². The van der Waals surface area contributed by atoms with Gasteiger partial charge in [-0.1, -0.05) is 249 Å². The molecule has 0 saturated heterocycles. The van der Waals surface area contributed by atoms with Crippen molar-refractivity contribution in [3.05, 3.63) is 413 Å². The van der Waals surface area contributed by atoms with Crippen LogP contribution in [0.2, 0.25) is 0 Å². The Bertz CT molecular complexity index is 6850. The lowest BCUT2D eigenvalue weighted by molar-refractivity contribution is 1.18. The predicted octanol–water partition coefficient (Wildman–Crippen LogP) is 27.2. The second kappa shape index (κ2) is 26.0. The summed E-state index contributed by atoms with van der Waals surface area (Å²) >= 11 is 0. The third-order valence-electron chi connectivity index (χ3n) is 21.2. The van der Waals surface area contributed by atoms with Crippen LogP contribution < -0.4 is 9.80 Å². The molecule has 4 aromatic heterocycles. The van der Waals surface area contributed by atoms with E-state index < -0.39 is 0 Å². The molecule has 0 fully saturated rings. The first kappa shape index (κ1) is 61.7. The number of anilines is 6. The largest absolute Gasteiger partial charge is 0.310 e. The molecule has 0 radical (unpaired) electrons. The Hall–Kier alpha value is -14.2. The maximum atomic E-state index is 2.42. The molecule has 106 heavy (non-hydrogen) atoms. The molecule has 0 saturated carbocycles. The minimum Gasteiger partial charge on any atom is -0.310 e. The molecule has 498 valence electrons. The van der Waals surface area contributed by atoms with Crippen LogP contribution in [0, 0.1) is 0 Å². The van der Waals surface area contributed by atoms with Crippen LogP contribution in [-0.2, 0) is 0 Å². The van der Waals surface area contributed by atoms with E-state index in [1.165, 1.54) is 132 Å². The first-order valence-corrected chi connectivity index (χ1v) is 36.3. The Morgan fingerprint density at radius 1 is 0.151 bits per heavy atom. The summed E-state index contributed by atoms with van der Waals surface area (Å²) in [7, 11) is 0. The topological polar surface area (TPSA) is 26.2 Å². The second-order valence-electron chi connectivity index (χ2n) is 27.2. The minimum absolute atomic E-state index is 1.10. The van der Waals surface area contributed by atoms with Crippen LogP contribution in [0.4, 0.5) is 34.1 Å². The van der Waals surface area contributed by atoms with Crippen LogP contribution >= 0.6 is 0 Å². The maximum absolute atomic E-state index is 2.42. The van der Waals surface area contributed by atoms with Gasteiger partial charge in [0.15, 0.2) is 0 Å². The zero-order chi connectivity index (χ0) is 70.0. The summed E-state index contributed by atoms with van der Waals surface area (Å²) in [6.45, 7) is 0. The number of hydrogen-bond acceptors (Lipinski definition) is 2. The fourth-order valence-corrected chi connectivity index (χ4v) is 16.4. The zero-order valence-electron chi connectivity index (χ0n) is 57.9. The molecule has 21 aromatic rings. The van der Waals surface area contributed by atoms with E-state index >= 15 is 0 Å². The molecule has 21 rings (SSSR count). The quantitative estimate of drug-likeness (QED) is 0.122. The lowest BCUT2D eigenvalue weighted by Crippen LogP contribution is -2.10. The Kier molecular flexibility index (Phi) is 15.1. The van der Waals surface area contributed by atoms with Gasteiger partial charge in [0.1, 0.15) is 0 Å². The van der Waals surface area contributed by atoms with E-state index in [2.05, 4.69) is 441 Å². The van der Waals surface area contributed by atoms with Crippen molar-refractivity contribution in [1.29, 1.82) is 0 Å². The fourth-order valence-electron chi connectivity index (χ4n) is 16.4. The van der Waals surface area contributed by atoms with Gasteiger partial charge in [-0.25, -0.2) is 0 Å². The average molecular weight is 1350 g/mol. The molecule has 0 aliphatic rings. The average Bonchev–Trinajstić information content (AvgIpc) is 1.60. The van der Waals surface area contributed by atoms with Crippen LogP contribution in [0.25, 0.3) is 143 Å². The number of hydrogen-bond donors (Lipinski definition) is 0. The molecule has 0 unspecified atom stereocenters. The van der Waals surface area contributed by atoms with Crippen molar-refractivity contribution in [3.63, 3.8) is 0 Å². The van der Waals surface area contributed by atoms with Crippen LogP contribution in [0.3, 0.4) is 0 Å². The van der Waals surface area contributed by atoms with E-state index in [1.54, 1.807) is 0 Å². The van der Waals surface area contributed by atoms with E-state index in [-0.39, 0.29) is 0 Å². The van der Waals surface area contributed by atoms with Crippen molar-refractivity contribution >= 4 is 132 Å². The smallest absolute Gasteiger partial charge is 0.0561 e. The normalized spacial score (nSPS) is 11.6. The van der Waals surface area contributed by atoms with E-state index in [1.807, 2.05) is 0 Å². The summed E-state index contributed by atoms with van der Waals surface area (Å²) in [5.74, 6) is 0. The minimum atomic E-state index is 1.10. The first-order valence-electron chi connectivity index (χ1n) is 36.3. The highest BCUT2D eigenvalue weighted by atomic mass is 15.2. The molecule has 17 aromatic carbocycles. The molecule has 6 heteroatoms. The summed E-state index contributed by atoms with van der Waals surface area (Å²) in [6.07, 6.45) is 0. The molecular formula is C100H68N6. The zero-order valence-corrected chi connectivity index (χ0v) is 57.9. The molecule has 0 aliphatic carbocycles. The SMILES string of the molecule is c1ccc(N(c2ccc(-c3ccc4c(c3)c3ccccc3n4-c3cccc4ccccc34)cc2)c2ccc3c4ccccc4n(-c4ccccc4)c3c2)cc1.c1ccc(N(c2ccc(-c3ccc4c(c3)c3ccccc3n4-c3ccccc3)cc2)c2ccc3c4ccccc4n(-c4ccccc4)c3c2)cc1. The Labute approximate surface area is 613 Å². The van der Waals surface area contributed by atoms with Crippen molar-refractivity contribution in [1.82, 2.24) is 18.3 Å². The summed E-state index contributed by atoms with van der Waals surface area (Å²) in [5, 5.41) is 12.5. The van der Waals surface area contributed by atoms with Crippen molar-refractivity contribution in [2.75, 3.05) is 9.80 Å². The van der Waals surface area contributed by atoms with Crippen LogP contribution in [0.1, 0.15) is 0 Å². The third-order valence-corrected chi connectivity index (χ3v) is 21.2. The lowest BCUT2D eigenvalue weighted by Gasteiger charge is -2.26. The number of rotatable bonds is 12. The number of benzene rings is 17. The third kappa shape index (κ3) is 10.6. The first-order chi connectivity index (χ1) is 52.6. The molecular weight excluding hydrogens is 1290 g/mol. The monoisotopic (exact) mass is 1350 g/mol. The lowest BCUT2D eigenvalue weighted by atomic mass is 10.0. The van der Waals surface area contributed by atoms with Crippen LogP contribution in [-0.4, -0.2) is 18.3 Å². The number of nitrogens with zero attached hydrogens (tertiary/aromatic N) is 6. The van der Waals surface area contributed by atoms with Crippen LogP contribution in [0.15, 0.2) is 413 Å². The number of para-hydroxylation sites is 9. The van der Waals surface area contributed by atoms with Gasteiger partial charge in [0.2, 0.25) is 0 Å². The van der Waals surface area contributed by atoms with Gasteiger partial charge < -0.3 is 28.1 Å². The summed E-state index contributed by atoms with van der Waals surface area (Å²) < 4.78 is 9.55. The van der Waals surface area contributed by atoms with Crippen molar-refractivity contribution in [2.45, 2.75) is 0 Å². The number of aromatic nitrogens is 4. The molecule has 0 amide bonds.